The zero-order valence-electron chi connectivity index (χ0n) is 9.13. The molecule has 0 amide bonds. The van der Waals surface area contributed by atoms with E-state index in [9.17, 15) is 8.42 Å². The van der Waals surface area contributed by atoms with E-state index >= 15 is 0 Å². The fourth-order valence-corrected chi connectivity index (χ4v) is 3.88. The lowest BCUT2D eigenvalue weighted by Gasteiger charge is -2.11. The van der Waals surface area contributed by atoms with Gasteiger partial charge in [-0.05, 0) is 50.4 Å². The molecule has 0 unspecified atom stereocenters. The first-order chi connectivity index (χ1) is 7.79. The van der Waals surface area contributed by atoms with Crippen LogP contribution in [0.1, 0.15) is 6.42 Å². The summed E-state index contributed by atoms with van der Waals surface area (Å²) in [4.78, 5) is 0. The molecule has 0 atom stereocenters. The summed E-state index contributed by atoms with van der Waals surface area (Å²) >= 11 is 12.7. The van der Waals surface area contributed by atoms with E-state index in [0.29, 0.717) is 18.0 Å². The fourth-order valence-electron chi connectivity index (χ4n) is 1.26. The van der Waals surface area contributed by atoms with E-state index in [2.05, 4.69) is 37.2 Å². The maximum atomic E-state index is 11.0. The molecule has 0 saturated heterocycles. The first kappa shape index (κ1) is 15.3. The minimum absolute atomic E-state index is 0.183. The van der Waals surface area contributed by atoms with E-state index in [4.69, 9.17) is 11.6 Å². The van der Waals surface area contributed by atoms with Crippen molar-refractivity contribution in [3.8, 4) is 0 Å². The highest BCUT2D eigenvalue weighted by molar-refractivity contribution is 9.11. The first-order valence-corrected chi connectivity index (χ1v) is 8.88. The first-order valence-electron chi connectivity index (χ1n) is 4.86. The van der Waals surface area contributed by atoms with Crippen LogP contribution in [0.25, 0.3) is 0 Å². The summed E-state index contributed by atoms with van der Waals surface area (Å²) in [5, 5.41) is 3.79. The average Bonchev–Trinajstić information content (AvgIpc) is 2.13. The lowest BCUT2D eigenvalue weighted by atomic mass is 10.3. The van der Waals surface area contributed by atoms with Crippen molar-refractivity contribution in [3.63, 3.8) is 0 Å². The van der Waals surface area contributed by atoms with Gasteiger partial charge in [0.25, 0.3) is 0 Å². The Balaban J connectivity index is 2.58. The molecule has 0 radical (unpaired) electrons. The maximum absolute atomic E-state index is 11.0. The number of halogens is 3. The number of sulfone groups is 1. The molecule has 0 aliphatic heterocycles. The average molecular weight is 406 g/mol. The maximum Gasteiger partial charge on any atom is 0.147 e. The van der Waals surface area contributed by atoms with Crippen molar-refractivity contribution in [3.05, 3.63) is 26.1 Å². The van der Waals surface area contributed by atoms with Gasteiger partial charge < -0.3 is 5.32 Å². The Kier molecular flexibility index (Phi) is 5.76. The third kappa shape index (κ3) is 5.59. The van der Waals surface area contributed by atoms with E-state index in [1.54, 1.807) is 12.1 Å². The molecule has 17 heavy (non-hydrogen) atoms. The number of hydrogen-bond donors (Lipinski definition) is 1. The highest BCUT2D eigenvalue weighted by atomic mass is 79.9. The van der Waals surface area contributed by atoms with E-state index in [1.165, 1.54) is 6.26 Å². The van der Waals surface area contributed by atoms with Crippen LogP contribution in [0.2, 0.25) is 5.02 Å². The van der Waals surface area contributed by atoms with Gasteiger partial charge in [-0.3, -0.25) is 0 Å². The minimum Gasteiger partial charge on any atom is -0.383 e. The van der Waals surface area contributed by atoms with E-state index in [1.807, 2.05) is 0 Å². The Hall–Kier alpha value is 0.220. The van der Waals surface area contributed by atoms with Gasteiger partial charge in [-0.15, -0.1) is 0 Å². The summed E-state index contributed by atoms with van der Waals surface area (Å²) in [7, 11) is -2.89. The molecule has 0 heterocycles. The van der Waals surface area contributed by atoms with Gasteiger partial charge >= 0.3 is 0 Å². The molecule has 1 N–H and O–H groups in total. The summed E-state index contributed by atoms with van der Waals surface area (Å²) in [6, 6.07) is 3.57. The Morgan fingerprint density at radius 3 is 2.29 bits per heavy atom. The SMILES string of the molecule is CS(=O)(=O)CCCNc1c(Br)cc(Cl)cc1Br. The van der Waals surface area contributed by atoms with Gasteiger partial charge in [0, 0.05) is 26.8 Å². The molecular weight excluding hydrogens is 393 g/mol. The zero-order valence-corrected chi connectivity index (χ0v) is 13.9. The summed E-state index contributed by atoms with van der Waals surface area (Å²) in [5.41, 5.74) is 0.878. The Labute approximate surface area is 123 Å². The molecule has 96 valence electrons. The summed E-state index contributed by atoms with van der Waals surface area (Å²) in [5.74, 6) is 0.183. The molecule has 0 aliphatic carbocycles. The van der Waals surface area contributed by atoms with Gasteiger partial charge in [-0.1, -0.05) is 11.6 Å². The van der Waals surface area contributed by atoms with Crippen molar-refractivity contribution in [2.75, 3.05) is 23.9 Å². The second kappa shape index (κ2) is 6.41. The molecule has 0 aliphatic rings. The molecule has 0 saturated carbocycles. The van der Waals surface area contributed by atoms with Crippen LogP contribution in [-0.2, 0) is 9.84 Å². The summed E-state index contributed by atoms with van der Waals surface area (Å²) < 4.78 is 23.6. The molecule has 3 nitrogen and oxygen atoms in total. The largest absolute Gasteiger partial charge is 0.383 e. The number of rotatable bonds is 5. The highest BCUT2D eigenvalue weighted by Crippen LogP contribution is 2.34. The Morgan fingerprint density at radius 2 is 1.82 bits per heavy atom. The molecule has 1 aromatic rings. The Morgan fingerprint density at radius 1 is 1.29 bits per heavy atom. The molecule has 1 aromatic carbocycles. The molecule has 0 fully saturated rings. The molecule has 7 heteroatoms. The van der Waals surface area contributed by atoms with Gasteiger partial charge in [-0.25, -0.2) is 8.42 Å². The second-order valence-electron chi connectivity index (χ2n) is 3.65. The predicted molar refractivity (Wildman–Crippen MR) is 79.7 cm³/mol. The lowest BCUT2D eigenvalue weighted by molar-refractivity contribution is 0.600. The smallest absolute Gasteiger partial charge is 0.147 e. The van der Waals surface area contributed by atoms with Crippen molar-refractivity contribution in [1.82, 2.24) is 0 Å². The van der Waals surface area contributed by atoms with Crippen LogP contribution in [-0.4, -0.2) is 27.0 Å². The van der Waals surface area contributed by atoms with Crippen LogP contribution in [0.3, 0.4) is 0 Å². The lowest BCUT2D eigenvalue weighted by Crippen LogP contribution is -2.10. The van der Waals surface area contributed by atoms with Gasteiger partial charge in [0.15, 0.2) is 0 Å². The van der Waals surface area contributed by atoms with Crippen LogP contribution >= 0.6 is 43.5 Å². The fraction of sp³-hybridized carbons (Fsp3) is 0.400. The zero-order chi connectivity index (χ0) is 13.1. The van der Waals surface area contributed by atoms with E-state index < -0.39 is 9.84 Å². The third-order valence-electron chi connectivity index (χ3n) is 2.00. The van der Waals surface area contributed by atoms with Crippen molar-refractivity contribution in [2.45, 2.75) is 6.42 Å². The van der Waals surface area contributed by atoms with Crippen molar-refractivity contribution in [1.29, 1.82) is 0 Å². The van der Waals surface area contributed by atoms with Crippen LogP contribution < -0.4 is 5.32 Å². The normalized spacial score (nSPS) is 11.5. The predicted octanol–water partition coefficient (Wildman–Crippen LogP) is 3.71. The highest BCUT2D eigenvalue weighted by Gasteiger charge is 2.07. The van der Waals surface area contributed by atoms with Crippen LogP contribution in [0.5, 0.6) is 0 Å². The molecule has 1 rings (SSSR count). The van der Waals surface area contributed by atoms with Crippen LogP contribution in [0, 0.1) is 0 Å². The van der Waals surface area contributed by atoms with Crippen LogP contribution in [0.4, 0.5) is 5.69 Å². The minimum atomic E-state index is -2.89. The van der Waals surface area contributed by atoms with Crippen molar-refractivity contribution < 1.29 is 8.42 Å². The topological polar surface area (TPSA) is 46.2 Å². The number of hydrogen-bond acceptors (Lipinski definition) is 3. The Bertz CT molecular complexity index is 482. The van der Waals surface area contributed by atoms with Crippen LogP contribution in [0.15, 0.2) is 21.1 Å². The monoisotopic (exact) mass is 403 g/mol. The molecular formula is C10H12Br2ClNO2S. The number of benzene rings is 1. The standard InChI is InChI=1S/C10H12Br2ClNO2S/c1-17(15,16)4-2-3-14-10-8(11)5-7(13)6-9(10)12/h5-6,14H,2-4H2,1H3. The van der Waals surface area contributed by atoms with Gasteiger partial charge in [0.05, 0.1) is 11.4 Å². The number of anilines is 1. The quantitative estimate of drug-likeness (QED) is 0.760. The molecule has 0 bridgehead atoms. The van der Waals surface area contributed by atoms with Gasteiger partial charge in [0.1, 0.15) is 9.84 Å². The van der Waals surface area contributed by atoms with Crippen molar-refractivity contribution >= 4 is 59.0 Å². The van der Waals surface area contributed by atoms with Gasteiger partial charge in [-0.2, -0.15) is 0 Å². The molecule has 0 aromatic heterocycles. The van der Waals surface area contributed by atoms with Crippen molar-refractivity contribution in [2.24, 2.45) is 0 Å². The van der Waals surface area contributed by atoms with E-state index in [0.717, 1.165) is 14.6 Å². The van der Waals surface area contributed by atoms with Gasteiger partial charge in [0.2, 0.25) is 0 Å². The molecule has 0 spiro atoms. The summed E-state index contributed by atoms with van der Waals surface area (Å²) in [6.07, 6.45) is 1.81. The number of nitrogens with one attached hydrogen (secondary N) is 1. The summed E-state index contributed by atoms with van der Waals surface area (Å²) in [6.45, 7) is 0.589. The second-order valence-corrected chi connectivity index (χ2v) is 8.06. The third-order valence-corrected chi connectivity index (χ3v) is 4.50. The van der Waals surface area contributed by atoms with E-state index in [-0.39, 0.29) is 5.75 Å².